The molecule has 2 heterocycles. The molecular weight excluding hydrogens is 420 g/mol. The molecule has 6 nitrogen and oxygen atoms in total. The van der Waals surface area contributed by atoms with Crippen molar-refractivity contribution in [2.24, 2.45) is 0 Å². The van der Waals surface area contributed by atoms with E-state index < -0.39 is 0 Å². The largest absolute Gasteiger partial charge is 0.378 e. The molecule has 1 saturated heterocycles. The van der Waals surface area contributed by atoms with E-state index in [1.54, 1.807) is 11.8 Å². The number of halogens is 1. The number of carbonyl (C=O) groups is 1. The van der Waals surface area contributed by atoms with Crippen LogP contribution in [0.25, 0.3) is 17.1 Å². The minimum Gasteiger partial charge on any atom is -0.378 e. The third kappa shape index (κ3) is 5.03. The summed E-state index contributed by atoms with van der Waals surface area (Å²) in [5.41, 5.74) is 1.95. The molecule has 2 aromatic carbocycles. The fraction of sp³-hybridized carbons (Fsp3) is 0.318. The average molecular weight is 443 g/mol. The van der Waals surface area contributed by atoms with Crippen molar-refractivity contribution < 1.29 is 9.53 Å². The van der Waals surface area contributed by atoms with E-state index in [0.29, 0.717) is 37.7 Å². The van der Waals surface area contributed by atoms with E-state index >= 15 is 0 Å². The lowest BCUT2D eigenvalue weighted by Gasteiger charge is -2.26. The van der Waals surface area contributed by atoms with Gasteiger partial charge in [0, 0.05) is 41.5 Å². The van der Waals surface area contributed by atoms with Crippen LogP contribution in [0.4, 0.5) is 0 Å². The molecule has 0 radical (unpaired) electrons. The number of benzene rings is 2. The lowest BCUT2D eigenvalue weighted by atomic mass is 10.2. The second-order valence-electron chi connectivity index (χ2n) is 6.93. The van der Waals surface area contributed by atoms with E-state index in [1.807, 2.05) is 59.5 Å². The van der Waals surface area contributed by atoms with Gasteiger partial charge in [-0.25, -0.2) is 0 Å². The van der Waals surface area contributed by atoms with Crippen LogP contribution in [0.3, 0.4) is 0 Å². The Morgan fingerprint density at radius 2 is 1.77 bits per heavy atom. The molecule has 0 N–H and O–H groups in total. The summed E-state index contributed by atoms with van der Waals surface area (Å²) >= 11 is 7.66. The Kier molecular flexibility index (Phi) is 7.04. The van der Waals surface area contributed by atoms with Gasteiger partial charge in [0.1, 0.15) is 0 Å². The zero-order chi connectivity index (χ0) is 20.8. The number of thioether (sulfide) groups is 1. The Morgan fingerprint density at radius 3 is 2.50 bits per heavy atom. The van der Waals surface area contributed by atoms with Crippen LogP contribution in [0.1, 0.15) is 12.8 Å². The second kappa shape index (κ2) is 10.1. The van der Waals surface area contributed by atoms with E-state index in [0.717, 1.165) is 34.4 Å². The summed E-state index contributed by atoms with van der Waals surface area (Å²) in [5.74, 6) is 1.76. The van der Waals surface area contributed by atoms with Crippen molar-refractivity contribution in [1.29, 1.82) is 0 Å². The lowest BCUT2D eigenvalue weighted by Crippen LogP contribution is -2.40. The smallest absolute Gasteiger partial charge is 0.222 e. The molecule has 0 saturated carbocycles. The van der Waals surface area contributed by atoms with Gasteiger partial charge in [-0.15, -0.1) is 10.2 Å². The summed E-state index contributed by atoms with van der Waals surface area (Å²) in [5, 5.41) is 10.4. The number of amides is 1. The van der Waals surface area contributed by atoms with Gasteiger partial charge < -0.3 is 9.64 Å². The third-order valence-corrected chi connectivity index (χ3v) is 6.15. The molecule has 3 aromatic rings. The molecular formula is C22H23ClN4O2S. The Balaban J connectivity index is 1.46. The van der Waals surface area contributed by atoms with Crippen molar-refractivity contribution in [3.8, 4) is 17.1 Å². The molecule has 8 heteroatoms. The Morgan fingerprint density at radius 1 is 1.03 bits per heavy atom. The van der Waals surface area contributed by atoms with Crippen LogP contribution < -0.4 is 0 Å². The number of rotatable bonds is 7. The van der Waals surface area contributed by atoms with Crippen LogP contribution in [-0.2, 0) is 9.53 Å². The molecule has 0 bridgehead atoms. The first-order chi connectivity index (χ1) is 14.7. The van der Waals surface area contributed by atoms with Crippen molar-refractivity contribution in [2.45, 2.75) is 18.0 Å². The van der Waals surface area contributed by atoms with Gasteiger partial charge in [-0.2, -0.15) is 0 Å². The SMILES string of the molecule is O=C(CCCSc1nnc(-c2ccc(Cl)cc2)n1-c1ccccc1)N1CCOCC1. The van der Waals surface area contributed by atoms with Gasteiger partial charge in [0.2, 0.25) is 5.91 Å². The minimum absolute atomic E-state index is 0.199. The normalized spacial score (nSPS) is 14.1. The van der Waals surface area contributed by atoms with E-state index in [2.05, 4.69) is 14.8 Å². The van der Waals surface area contributed by atoms with Gasteiger partial charge in [-0.05, 0) is 42.8 Å². The van der Waals surface area contributed by atoms with Crippen LogP contribution in [0.2, 0.25) is 5.02 Å². The molecule has 1 aliphatic heterocycles. The maximum Gasteiger partial charge on any atom is 0.222 e. The number of hydrogen-bond acceptors (Lipinski definition) is 5. The number of hydrogen-bond donors (Lipinski definition) is 0. The molecule has 0 unspecified atom stereocenters. The van der Waals surface area contributed by atoms with E-state index in [9.17, 15) is 4.79 Å². The maximum atomic E-state index is 12.3. The summed E-state index contributed by atoms with van der Waals surface area (Å²) < 4.78 is 7.36. The topological polar surface area (TPSA) is 60.2 Å². The van der Waals surface area contributed by atoms with Crippen LogP contribution in [0.15, 0.2) is 59.8 Å². The molecule has 1 aliphatic rings. The van der Waals surface area contributed by atoms with Gasteiger partial charge in [0.05, 0.1) is 13.2 Å². The summed E-state index contributed by atoms with van der Waals surface area (Å²) in [7, 11) is 0. The van der Waals surface area contributed by atoms with Crippen LogP contribution in [0, 0.1) is 0 Å². The number of carbonyl (C=O) groups excluding carboxylic acids is 1. The first kappa shape index (κ1) is 20.9. The van der Waals surface area contributed by atoms with Gasteiger partial charge in [-0.1, -0.05) is 41.6 Å². The van der Waals surface area contributed by atoms with Crippen LogP contribution in [-0.4, -0.2) is 57.6 Å². The van der Waals surface area contributed by atoms with Gasteiger partial charge in [-0.3, -0.25) is 9.36 Å². The first-order valence-corrected chi connectivity index (χ1v) is 11.3. The van der Waals surface area contributed by atoms with Crippen molar-refractivity contribution in [3.05, 3.63) is 59.6 Å². The predicted molar refractivity (Wildman–Crippen MR) is 119 cm³/mol. The molecule has 4 rings (SSSR count). The number of nitrogens with zero attached hydrogens (tertiary/aromatic N) is 4. The fourth-order valence-electron chi connectivity index (χ4n) is 3.32. The van der Waals surface area contributed by atoms with Crippen LogP contribution >= 0.6 is 23.4 Å². The standard InChI is InChI=1S/C22H23ClN4O2S/c23-18-10-8-17(9-11-18)21-24-25-22(27(21)19-5-2-1-3-6-19)30-16-4-7-20(28)26-12-14-29-15-13-26/h1-3,5-6,8-11H,4,7,12-16H2. The second-order valence-corrected chi connectivity index (χ2v) is 8.43. The molecule has 0 aliphatic carbocycles. The zero-order valence-electron chi connectivity index (χ0n) is 16.5. The van der Waals surface area contributed by atoms with Crippen molar-refractivity contribution in [1.82, 2.24) is 19.7 Å². The zero-order valence-corrected chi connectivity index (χ0v) is 18.1. The van der Waals surface area contributed by atoms with Crippen LogP contribution in [0.5, 0.6) is 0 Å². The highest BCUT2D eigenvalue weighted by Crippen LogP contribution is 2.29. The summed E-state index contributed by atoms with van der Waals surface area (Å²) in [6.07, 6.45) is 1.33. The molecule has 0 spiro atoms. The van der Waals surface area contributed by atoms with Crippen molar-refractivity contribution in [2.75, 3.05) is 32.1 Å². The number of ether oxygens (including phenoxy) is 1. The highest BCUT2D eigenvalue weighted by atomic mass is 35.5. The highest BCUT2D eigenvalue weighted by Gasteiger charge is 2.18. The van der Waals surface area contributed by atoms with E-state index in [4.69, 9.17) is 16.3 Å². The Bertz CT molecular complexity index is 973. The molecule has 1 aromatic heterocycles. The maximum absolute atomic E-state index is 12.3. The molecule has 1 amide bonds. The average Bonchev–Trinajstić information content (AvgIpc) is 3.22. The summed E-state index contributed by atoms with van der Waals surface area (Å²) in [6.45, 7) is 2.65. The molecule has 1 fully saturated rings. The van der Waals surface area contributed by atoms with E-state index in [-0.39, 0.29) is 5.91 Å². The number of para-hydroxylation sites is 1. The Labute approximate surface area is 185 Å². The minimum atomic E-state index is 0.199. The molecule has 0 atom stereocenters. The van der Waals surface area contributed by atoms with Crippen molar-refractivity contribution in [3.63, 3.8) is 0 Å². The number of aromatic nitrogens is 3. The predicted octanol–water partition coefficient (Wildman–Crippen LogP) is 4.32. The third-order valence-electron chi connectivity index (χ3n) is 4.88. The fourth-order valence-corrected chi connectivity index (χ4v) is 4.33. The first-order valence-electron chi connectivity index (χ1n) is 9.97. The lowest BCUT2D eigenvalue weighted by molar-refractivity contribution is -0.135. The van der Waals surface area contributed by atoms with Gasteiger partial charge in [0.15, 0.2) is 11.0 Å². The van der Waals surface area contributed by atoms with Gasteiger partial charge in [0.25, 0.3) is 0 Å². The Hall–Kier alpha value is -2.35. The summed E-state index contributed by atoms with van der Waals surface area (Å²) in [4.78, 5) is 14.2. The van der Waals surface area contributed by atoms with E-state index in [1.165, 1.54) is 0 Å². The van der Waals surface area contributed by atoms with Crippen molar-refractivity contribution >= 4 is 29.3 Å². The van der Waals surface area contributed by atoms with Gasteiger partial charge >= 0.3 is 0 Å². The quantitative estimate of drug-likeness (QED) is 0.403. The summed E-state index contributed by atoms with van der Waals surface area (Å²) in [6, 6.07) is 17.6. The highest BCUT2D eigenvalue weighted by molar-refractivity contribution is 7.99. The monoisotopic (exact) mass is 442 g/mol. The number of morpholine rings is 1. The molecule has 30 heavy (non-hydrogen) atoms. The molecule has 156 valence electrons.